The van der Waals surface area contributed by atoms with E-state index in [1.54, 1.807) is 4.90 Å². The van der Waals surface area contributed by atoms with E-state index in [1.807, 2.05) is 72.8 Å². The molecule has 214 valence electrons. The second-order valence-electron chi connectivity index (χ2n) is 10.7. The molecule has 42 heavy (non-hydrogen) atoms. The van der Waals surface area contributed by atoms with Crippen LogP contribution in [0.3, 0.4) is 0 Å². The van der Waals surface area contributed by atoms with Gasteiger partial charge in [-0.2, -0.15) is 0 Å². The number of quaternary nitrogens is 1. The minimum Gasteiger partial charge on any atom is -0.352 e. The van der Waals surface area contributed by atoms with Gasteiger partial charge in [-0.3, -0.25) is 9.59 Å². The topological polar surface area (TPSA) is 53.9 Å². The highest BCUT2D eigenvalue weighted by Crippen LogP contribution is 2.43. The van der Waals surface area contributed by atoms with Crippen LogP contribution in [0.4, 0.5) is 5.69 Å². The van der Waals surface area contributed by atoms with E-state index in [0.29, 0.717) is 23.6 Å². The number of rotatable bonds is 11. The SMILES string of the molecule is CC[NH+](CCCNC(=O)c1ccc2c(c1)N(Cc1cccc(C)c1)C(=O)C(=Cc1ccccc1)S2)Cc1ccccc1. The number of benzene rings is 4. The van der Waals surface area contributed by atoms with E-state index >= 15 is 0 Å². The van der Waals surface area contributed by atoms with Crippen molar-refractivity contribution in [2.45, 2.75) is 38.3 Å². The molecule has 0 saturated carbocycles. The number of thioether (sulfide) groups is 1. The summed E-state index contributed by atoms with van der Waals surface area (Å²) in [6, 6.07) is 34.3. The number of amides is 2. The normalized spacial score (nSPS) is 14.5. The lowest BCUT2D eigenvalue weighted by molar-refractivity contribution is -0.912. The van der Waals surface area contributed by atoms with Crippen molar-refractivity contribution in [3.8, 4) is 0 Å². The van der Waals surface area contributed by atoms with E-state index in [-0.39, 0.29) is 11.8 Å². The number of carbonyl (C=O) groups excluding carboxylic acids is 2. The number of carbonyl (C=O) groups is 2. The molecule has 4 aromatic rings. The molecule has 1 aliphatic heterocycles. The Balaban J connectivity index is 1.30. The van der Waals surface area contributed by atoms with Gasteiger partial charge in [-0.1, -0.05) is 102 Å². The van der Waals surface area contributed by atoms with Gasteiger partial charge in [0.2, 0.25) is 0 Å². The zero-order valence-corrected chi connectivity index (χ0v) is 25.1. The molecule has 1 atom stereocenters. The molecular weight excluding hydrogens is 538 g/mol. The molecule has 5 nitrogen and oxygen atoms in total. The number of aryl methyl sites for hydroxylation is 1. The van der Waals surface area contributed by atoms with Crippen molar-refractivity contribution in [2.75, 3.05) is 24.5 Å². The summed E-state index contributed by atoms with van der Waals surface area (Å²) in [5.74, 6) is -0.172. The molecule has 0 radical (unpaired) electrons. The van der Waals surface area contributed by atoms with Crippen LogP contribution in [0, 0.1) is 6.92 Å². The lowest BCUT2D eigenvalue weighted by Gasteiger charge is -2.31. The van der Waals surface area contributed by atoms with Crippen molar-refractivity contribution in [1.29, 1.82) is 0 Å². The van der Waals surface area contributed by atoms with E-state index < -0.39 is 0 Å². The van der Waals surface area contributed by atoms with Crippen LogP contribution in [-0.2, 0) is 17.9 Å². The molecule has 0 bridgehead atoms. The number of anilines is 1. The van der Waals surface area contributed by atoms with Gasteiger partial charge in [-0.25, -0.2) is 0 Å². The molecule has 6 heteroatoms. The van der Waals surface area contributed by atoms with Crippen LogP contribution < -0.4 is 15.1 Å². The van der Waals surface area contributed by atoms with E-state index in [9.17, 15) is 9.59 Å². The van der Waals surface area contributed by atoms with Crippen LogP contribution in [-0.4, -0.2) is 31.4 Å². The van der Waals surface area contributed by atoms with Crippen LogP contribution in [0.5, 0.6) is 0 Å². The average molecular weight is 577 g/mol. The highest BCUT2D eigenvalue weighted by Gasteiger charge is 2.30. The quantitative estimate of drug-likeness (QED) is 0.173. The predicted octanol–water partition coefficient (Wildman–Crippen LogP) is 5.90. The monoisotopic (exact) mass is 576 g/mol. The van der Waals surface area contributed by atoms with E-state index in [2.05, 4.69) is 55.6 Å². The lowest BCUT2D eigenvalue weighted by atomic mass is 10.1. The Morgan fingerprint density at radius 1 is 0.905 bits per heavy atom. The highest BCUT2D eigenvalue weighted by molar-refractivity contribution is 8.04. The second-order valence-corrected chi connectivity index (χ2v) is 11.8. The molecule has 0 spiro atoms. The fourth-order valence-corrected chi connectivity index (χ4v) is 6.26. The first-order valence-electron chi connectivity index (χ1n) is 14.6. The predicted molar refractivity (Wildman–Crippen MR) is 173 cm³/mol. The van der Waals surface area contributed by atoms with E-state index in [1.165, 1.54) is 22.2 Å². The van der Waals surface area contributed by atoms with Crippen LogP contribution in [0.1, 0.15) is 46.0 Å². The molecular formula is C36H38N3O2S+. The van der Waals surface area contributed by atoms with Crippen LogP contribution in [0.15, 0.2) is 113 Å². The fraction of sp³-hybridized carbons (Fsp3) is 0.222. The summed E-state index contributed by atoms with van der Waals surface area (Å²) in [7, 11) is 0. The van der Waals surface area contributed by atoms with Crippen molar-refractivity contribution >= 4 is 35.3 Å². The van der Waals surface area contributed by atoms with Crippen molar-refractivity contribution < 1.29 is 14.5 Å². The molecule has 1 unspecified atom stereocenters. The minimum atomic E-state index is -0.113. The second kappa shape index (κ2) is 14.2. The first-order chi connectivity index (χ1) is 20.5. The first kappa shape index (κ1) is 29.4. The molecule has 4 aromatic carbocycles. The third kappa shape index (κ3) is 7.58. The van der Waals surface area contributed by atoms with Crippen LogP contribution in [0.2, 0.25) is 0 Å². The van der Waals surface area contributed by atoms with Gasteiger partial charge in [-0.15, -0.1) is 0 Å². The largest absolute Gasteiger partial charge is 0.352 e. The summed E-state index contributed by atoms with van der Waals surface area (Å²) in [5.41, 5.74) is 5.85. The van der Waals surface area contributed by atoms with Crippen molar-refractivity contribution in [1.82, 2.24) is 5.32 Å². The third-order valence-electron chi connectivity index (χ3n) is 7.50. The van der Waals surface area contributed by atoms with Gasteiger partial charge in [0.15, 0.2) is 0 Å². The van der Waals surface area contributed by atoms with Crippen LogP contribution >= 0.6 is 11.8 Å². The molecule has 0 fully saturated rings. The minimum absolute atomic E-state index is 0.0588. The lowest BCUT2D eigenvalue weighted by Crippen LogP contribution is -3.10. The highest BCUT2D eigenvalue weighted by atomic mass is 32.2. The molecule has 2 N–H and O–H groups in total. The standard InChI is InChI=1S/C36H37N3O2S/c1-3-38(25-29-15-8-5-9-16-29)21-11-20-37-35(40)31-18-19-33-32(24-31)39(26-30-17-10-12-27(2)22-30)36(41)34(42-33)23-28-13-6-4-7-14-28/h4-10,12-19,22-24H,3,11,20-21,25-26H2,1-2H3,(H,37,40)/p+1. The van der Waals surface area contributed by atoms with Crippen molar-refractivity contribution in [3.05, 3.63) is 136 Å². The Kier molecular flexibility index (Phi) is 9.90. The van der Waals surface area contributed by atoms with Crippen molar-refractivity contribution in [2.24, 2.45) is 0 Å². The number of hydrogen-bond donors (Lipinski definition) is 2. The van der Waals surface area contributed by atoms with Crippen molar-refractivity contribution in [3.63, 3.8) is 0 Å². The Hall–Kier alpha value is -4.13. The van der Waals surface area contributed by atoms with Crippen LogP contribution in [0.25, 0.3) is 6.08 Å². The fourth-order valence-electron chi connectivity index (χ4n) is 5.22. The zero-order chi connectivity index (χ0) is 29.3. The molecule has 0 aliphatic carbocycles. The number of nitrogens with one attached hydrogen (secondary N) is 2. The summed E-state index contributed by atoms with van der Waals surface area (Å²) >= 11 is 1.46. The summed E-state index contributed by atoms with van der Waals surface area (Å²) in [6.45, 7) is 8.31. The Bertz CT molecular complexity index is 1550. The van der Waals surface area contributed by atoms with Gasteiger partial charge in [0, 0.05) is 29.0 Å². The summed E-state index contributed by atoms with van der Waals surface area (Å²) < 4.78 is 0. The summed E-state index contributed by atoms with van der Waals surface area (Å²) in [6.07, 6.45) is 2.84. The Labute approximate surface area is 253 Å². The number of hydrogen-bond acceptors (Lipinski definition) is 3. The molecule has 1 aliphatic rings. The summed E-state index contributed by atoms with van der Waals surface area (Å²) in [4.78, 5) is 31.9. The average Bonchev–Trinajstić information content (AvgIpc) is 3.01. The van der Waals surface area contributed by atoms with E-state index in [0.717, 1.165) is 53.3 Å². The van der Waals surface area contributed by atoms with Gasteiger partial charge >= 0.3 is 0 Å². The zero-order valence-electron chi connectivity index (χ0n) is 24.3. The van der Waals surface area contributed by atoms with Gasteiger partial charge in [0.25, 0.3) is 11.8 Å². The maximum atomic E-state index is 13.8. The maximum absolute atomic E-state index is 13.8. The first-order valence-corrected chi connectivity index (χ1v) is 15.4. The van der Waals surface area contributed by atoms with Gasteiger partial charge in [-0.05, 0) is 49.2 Å². The van der Waals surface area contributed by atoms with E-state index in [4.69, 9.17) is 0 Å². The third-order valence-corrected chi connectivity index (χ3v) is 8.58. The molecule has 0 aromatic heterocycles. The number of fused-ring (bicyclic) bond motifs is 1. The maximum Gasteiger partial charge on any atom is 0.265 e. The Morgan fingerprint density at radius 2 is 1.64 bits per heavy atom. The summed E-state index contributed by atoms with van der Waals surface area (Å²) in [5, 5.41) is 3.10. The Morgan fingerprint density at radius 3 is 2.38 bits per heavy atom. The molecule has 1 heterocycles. The van der Waals surface area contributed by atoms with Gasteiger partial charge in [0.1, 0.15) is 6.54 Å². The molecule has 5 rings (SSSR count). The number of nitrogens with zero attached hydrogens (tertiary/aromatic N) is 1. The molecule has 2 amide bonds. The van der Waals surface area contributed by atoms with Gasteiger partial charge in [0.05, 0.1) is 30.2 Å². The molecule has 0 saturated heterocycles. The smallest absolute Gasteiger partial charge is 0.265 e. The van der Waals surface area contributed by atoms with Gasteiger partial charge < -0.3 is 15.1 Å².